The van der Waals surface area contributed by atoms with Crippen LogP contribution in [0.4, 0.5) is 5.69 Å². The Morgan fingerprint density at radius 3 is 2.82 bits per heavy atom. The van der Waals surface area contributed by atoms with Crippen molar-refractivity contribution in [1.29, 1.82) is 0 Å². The molecule has 58 valence electrons. The van der Waals surface area contributed by atoms with E-state index in [0.29, 0.717) is 11.4 Å². The maximum atomic E-state index is 10.3. The van der Waals surface area contributed by atoms with Gasteiger partial charge in [-0.25, -0.2) is 0 Å². The van der Waals surface area contributed by atoms with Gasteiger partial charge < -0.3 is 4.74 Å². The molecular weight excluding hydrogens is 210 g/mol. The van der Waals surface area contributed by atoms with Crippen molar-refractivity contribution >= 4 is 21.6 Å². The molecule has 0 fully saturated rings. The number of nitroso groups, excluding NO2 is 1. The van der Waals surface area contributed by atoms with Gasteiger partial charge in [0.05, 0.1) is 7.11 Å². The molecule has 11 heavy (non-hydrogen) atoms. The second-order valence-electron chi connectivity index (χ2n) is 1.95. The molecule has 4 heteroatoms. The van der Waals surface area contributed by atoms with Crippen molar-refractivity contribution in [3.8, 4) is 5.75 Å². The minimum absolute atomic E-state index is 0.432. The van der Waals surface area contributed by atoms with Gasteiger partial charge in [0.2, 0.25) is 0 Å². The quantitative estimate of drug-likeness (QED) is 0.800. The standard InChI is InChI=1S/C7H6BrNO2/c1-11-7-3-2-5(8)4-6(7)9-10/h2-4H,1H3/p+1. The monoisotopic (exact) mass is 216 g/mol. The van der Waals surface area contributed by atoms with Crippen molar-refractivity contribution in [3.05, 3.63) is 27.6 Å². The van der Waals surface area contributed by atoms with Crippen LogP contribution in [0.5, 0.6) is 5.75 Å². The van der Waals surface area contributed by atoms with Gasteiger partial charge in [-0.3, -0.25) is 0 Å². The first kappa shape index (κ1) is 8.20. The Morgan fingerprint density at radius 1 is 1.55 bits per heavy atom. The zero-order valence-corrected chi connectivity index (χ0v) is 7.51. The molecule has 0 aromatic heterocycles. The molecule has 1 N–H and O–H groups in total. The third kappa shape index (κ3) is 1.77. The molecule has 0 aliphatic carbocycles. The molecule has 0 heterocycles. The summed E-state index contributed by atoms with van der Waals surface area (Å²) in [7, 11) is 1.52. The van der Waals surface area contributed by atoms with E-state index < -0.39 is 0 Å². The van der Waals surface area contributed by atoms with Crippen molar-refractivity contribution in [1.82, 2.24) is 0 Å². The lowest BCUT2D eigenvalue weighted by atomic mass is 10.3. The molecular formula is C7H7BrNO2+. The summed E-state index contributed by atoms with van der Waals surface area (Å²) in [5.74, 6) is 0.545. The summed E-state index contributed by atoms with van der Waals surface area (Å²) < 4.78 is 5.75. The van der Waals surface area contributed by atoms with Crippen LogP contribution in [-0.2, 0) is 0 Å². The van der Waals surface area contributed by atoms with Crippen molar-refractivity contribution in [2.75, 3.05) is 7.11 Å². The maximum absolute atomic E-state index is 10.3. The summed E-state index contributed by atoms with van der Waals surface area (Å²) in [4.78, 5) is 10.3. The van der Waals surface area contributed by atoms with E-state index in [1.54, 1.807) is 23.4 Å². The van der Waals surface area contributed by atoms with Gasteiger partial charge in [-0.1, -0.05) is 15.9 Å². The molecule has 0 atom stereocenters. The van der Waals surface area contributed by atoms with E-state index >= 15 is 0 Å². The molecule has 1 rings (SSSR count). The molecule has 0 aliphatic heterocycles. The predicted octanol–water partition coefficient (Wildman–Crippen LogP) is 0.936. The van der Waals surface area contributed by atoms with Crippen LogP contribution in [-0.4, -0.2) is 7.11 Å². The predicted molar refractivity (Wildman–Crippen MR) is 44.7 cm³/mol. The molecule has 3 nitrogen and oxygen atoms in total. The lowest BCUT2D eigenvalue weighted by Gasteiger charge is -1.96. The first-order chi connectivity index (χ1) is 5.27. The highest BCUT2D eigenvalue weighted by atomic mass is 79.9. The summed E-state index contributed by atoms with van der Waals surface area (Å²) >= 11 is 3.23. The van der Waals surface area contributed by atoms with Crippen LogP contribution in [0.2, 0.25) is 0 Å². The molecule has 1 aromatic rings. The van der Waals surface area contributed by atoms with Gasteiger partial charge in [0.25, 0.3) is 5.69 Å². The topological polar surface area (TPSA) is 40.3 Å². The average molecular weight is 217 g/mol. The second kappa shape index (κ2) is 3.48. The number of ether oxygens (including phenoxy) is 1. The van der Waals surface area contributed by atoms with Crippen LogP contribution in [0.3, 0.4) is 0 Å². The van der Waals surface area contributed by atoms with Gasteiger partial charge >= 0.3 is 0 Å². The molecule has 0 unspecified atom stereocenters. The van der Waals surface area contributed by atoms with E-state index in [1.807, 2.05) is 0 Å². The summed E-state index contributed by atoms with van der Waals surface area (Å²) in [6.07, 6.45) is 0. The normalized spacial score (nSPS) is 9.27. The van der Waals surface area contributed by atoms with Gasteiger partial charge in [0.1, 0.15) is 0 Å². The van der Waals surface area contributed by atoms with Crippen LogP contribution in [0.1, 0.15) is 0 Å². The highest BCUT2D eigenvalue weighted by molar-refractivity contribution is 9.10. The van der Waals surface area contributed by atoms with Crippen molar-refractivity contribution in [2.45, 2.75) is 0 Å². The molecule has 0 bridgehead atoms. The fraction of sp³-hybridized carbons (Fsp3) is 0.143. The minimum Gasteiger partial charge on any atom is -0.490 e. The van der Waals surface area contributed by atoms with Crippen molar-refractivity contribution in [2.24, 2.45) is 0 Å². The third-order valence-electron chi connectivity index (χ3n) is 1.27. The van der Waals surface area contributed by atoms with E-state index in [0.717, 1.165) is 4.47 Å². The number of hydrogen-bond acceptors (Lipinski definition) is 2. The van der Waals surface area contributed by atoms with Gasteiger partial charge in [-0.2, -0.15) is 0 Å². The first-order valence-electron chi connectivity index (χ1n) is 2.99. The Bertz CT molecular complexity index is 275. The van der Waals surface area contributed by atoms with Crippen LogP contribution < -0.4 is 9.91 Å². The Balaban J connectivity index is 3.16. The van der Waals surface area contributed by atoms with Gasteiger partial charge in [-0.15, -0.1) is 0 Å². The number of methoxy groups -OCH3 is 1. The Labute approximate surface area is 72.5 Å². The average Bonchev–Trinajstić information content (AvgIpc) is 2.04. The smallest absolute Gasteiger partial charge is 0.295 e. The highest BCUT2D eigenvalue weighted by Gasteiger charge is 2.08. The zero-order valence-electron chi connectivity index (χ0n) is 5.93. The maximum Gasteiger partial charge on any atom is 0.295 e. The largest absolute Gasteiger partial charge is 0.490 e. The SMILES string of the molecule is COc1ccc(Br)cc1[NH+]=O. The summed E-state index contributed by atoms with van der Waals surface area (Å²) in [5, 5.41) is 1.78. The highest BCUT2D eigenvalue weighted by Crippen LogP contribution is 2.23. The fourth-order valence-electron chi connectivity index (χ4n) is 0.760. The Kier molecular flexibility index (Phi) is 2.59. The van der Waals surface area contributed by atoms with Gasteiger partial charge in [0.15, 0.2) is 5.75 Å². The van der Waals surface area contributed by atoms with E-state index in [4.69, 9.17) is 4.74 Å². The van der Waals surface area contributed by atoms with Crippen LogP contribution in [0.15, 0.2) is 22.7 Å². The molecule has 0 aliphatic rings. The zero-order chi connectivity index (χ0) is 8.27. The fourth-order valence-corrected chi connectivity index (χ4v) is 1.12. The molecule has 1 aromatic carbocycles. The second-order valence-corrected chi connectivity index (χ2v) is 2.86. The lowest BCUT2D eigenvalue weighted by molar-refractivity contribution is -0.380. The molecule has 0 amide bonds. The van der Waals surface area contributed by atoms with Gasteiger partial charge in [0, 0.05) is 20.6 Å². The van der Waals surface area contributed by atoms with E-state index in [1.165, 1.54) is 7.11 Å². The number of benzene rings is 1. The van der Waals surface area contributed by atoms with Gasteiger partial charge in [-0.05, 0) is 12.1 Å². The van der Waals surface area contributed by atoms with E-state index in [2.05, 4.69) is 15.9 Å². The summed E-state index contributed by atoms with van der Waals surface area (Å²) in [6.45, 7) is 0. The van der Waals surface area contributed by atoms with E-state index in [9.17, 15) is 4.91 Å². The molecule has 0 spiro atoms. The number of rotatable bonds is 2. The van der Waals surface area contributed by atoms with Crippen LogP contribution in [0.25, 0.3) is 0 Å². The minimum atomic E-state index is 0.432. The third-order valence-corrected chi connectivity index (χ3v) is 1.76. The Morgan fingerprint density at radius 2 is 2.27 bits per heavy atom. The number of halogens is 1. The first-order valence-corrected chi connectivity index (χ1v) is 3.79. The van der Waals surface area contributed by atoms with Crippen molar-refractivity contribution in [3.63, 3.8) is 0 Å². The van der Waals surface area contributed by atoms with Crippen LogP contribution in [0, 0.1) is 4.91 Å². The lowest BCUT2D eigenvalue weighted by Crippen LogP contribution is -2.55. The van der Waals surface area contributed by atoms with E-state index in [-0.39, 0.29) is 0 Å². The summed E-state index contributed by atoms with van der Waals surface area (Å²) in [6, 6.07) is 5.18. The number of hydrogen-bond donors (Lipinski definition) is 1. The summed E-state index contributed by atoms with van der Waals surface area (Å²) in [5.41, 5.74) is 0.432. The molecule has 0 radical (unpaired) electrons. The molecule has 0 saturated carbocycles. The Hall–Kier alpha value is -0.900. The van der Waals surface area contributed by atoms with Crippen LogP contribution >= 0.6 is 15.9 Å². The number of nitrogens with one attached hydrogen (secondary N) is 1. The van der Waals surface area contributed by atoms with Crippen molar-refractivity contribution < 1.29 is 9.91 Å². The molecule has 0 saturated heterocycles.